The Morgan fingerprint density at radius 1 is 1.29 bits per heavy atom. The van der Waals surface area contributed by atoms with Crippen LogP contribution in [-0.2, 0) is 12.0 Å². The summed E-state index contributed by atoms with van der Waals surface area (Å²) in [6.45, 7) is 2.11. The molecule has 92 valence electrons. The number of nitrogens with zero attached hydrogens (tertiary/aromatic N) is 2. The van der Waals surface area contributed by atoms with Gasteiger partial charge in [-0.05, 0) is 44.6 Å². The zero-order valence-corrected chi connectivity index (χ0v) is 10.6. The lowest BCUT2D eigenvalue weighted by molar-refractivity contribution is 0.391. The van der Waals surface area contributed by atoms with Crippen molar-refractivity contribution in [3.63, 3.8) is 0 Å². The Morgan fingerprint density at radius 3 is 2.82 bits per heavy atom. The van der Waals surface area contributed by atoms with E-state index in [0.29, 0.717) is 5.92 Å². The van der Waals surface area contributed by atoms with Crippen LogP contribution >= 0.6 is 0 Å². The molecule has 1 heterocycles. The SMILES string of the molecule is CC1(N)CCCc2cnc(C3CCCC3)nc21. The largest absolute Gasteiger partial charge is 0.320 e. The molecule has 3 nitrogen and oxygen atoms in total. The average Bonchev–Trinajstić information content (AvgIpc) is 2.82. The summed E-state index contributed by atoms with van der Waals surface area (Å²) in [7, 11) is 0. The van der Waals surface area contributed by atoms with Crippen molar-refractivity contribution < 1.29 is 0 Å². The smallest absolute Gasteiger partial charge is 0.131 e. The second-order valence-corrected chi connectivity index (χ2v) is 5.85. The maximum Gasteiger partial charge on any atom is 0.131 e. The predicted molar refractivity (Wildman–Crippen MR) is 67.7 cm³/mol. The van der Waals surface area contributed by atoms with Crippen LogP contribution in [0.5, 0.6) is 0 Å². The predicted octanol–water partition coefficient (Wildman–Crippen LogP) is 2.64. The van der Waals surface area contributed by atoms with Gasteiger partial charge in [0.15, 0.2) is 0 Å². The minimum atomic E-state index is -0.246. The summed E-state index contributed by atoms with van der Waals surface area (Å²) in [6, 6.07) is 0. The van der Waals surface area contributed by atoms with Gasteiger partial charge in [-0.1, -0.05) is 12.8 Å². The maximum atomic E-state index is 6.37. The second kappa shape index (κ2) is 4.05. The van der Waals surface area contributed by atoms with E-state index in [9.17, 15) is 0 Å². The Kier molecular flexibility index (Phi) is 2.66. The van der Waals surface area contributed by atoms with Crippen molar-refractivity contribution in [1.29, 1.82) is 0 Å². The monoisotopic (exact) mass is 231 g/mol. The molecule has 1 unspecified atom stereocenters. The van der Waals surface area contributed by atoms with Gasteiger partial charge in [-0.3, -0.25) is 0 Å². The lowest BCUT2D eigenvalue weighted by Crippen LogP contribution is -2.38. The molecule has 0 spiro atoms. The third-order valence-electron chi connectivity index (χ3n) is 4.29. The number of hydrogen-bond acceptors (Lipinski definition) is 3. The quantitative estimate of drug-likeness (QED) is 0.808. The zero-order valence-electron chi connectivity index (χ0n) is 10.6. The topological polar surface area (TPSA) is 51.8 Å². The summed E-state index contributed by atoms with van der Waals surface area (Å²) in [5.74, 6) is 1.62. The molecule has 2 aliphatic carbocycles. The lowest BCUT2D eigenvalue weighted by Gasteiger charge is -2.31. The van der Waals surface area contributed by atoms with Gasteiger partial charge in [0, 0.05) is 12.1 Å². The third kappa shape index (κ3) is 1.97. The molecule has 1 aromatic rings. The van der Waals surface area contributed by atoms with Crippen molar-refractivity contribution in [2.24, 2.45) is 5.73 Å². The van der Waals surface area contributed by atoms with Crippen LogP contribution < -0.4 is 5.73 Å². The lowest BCUT2D eigenvalue weighted by atomic mass is 9.82. The van der Waals surface area contributed by atoms with Crippen LogP contribution in [0.4, 0.5) is 0 Å². The fourth-order valence-corrected chi connectivity index (χ4v) is 3.24. The third-order valence-corrected chi connectivity index (χ3v) is 4.29. The highest BCUT2D eigenvalue weighted by Crippen LogP contribution is 2.35. The van der Waals surface area contributed by atoms with Gasteiger partial charge in [-0.2, -0.15) is 0 Å². The fraction of sp³-hybridized carbons (Fsp3) is 0.714. The normalized spacial score (nSPS) is 29.3. The summed E-state index contributed by atoms with van der Waals surface area (Å²) >= 11 is 0. The van der Waals surface area contributed by atoms with Crippen molar-refractivity contribution in [2.75, 3.05) is 0 Å². The zero-order chi connectivity index (χ0) is 11.9. The van der Waals surface area contributed by atoms with Crippen LogP contribution in [0.3, 0.4) is 0 Å². The first kappa shape index (κ1) is 11.1. The first-order chi connectivity index (χ1) is 8.17. The minimum absolute atomic E-state index is 0.246. The van der Waals surface area contributed by atoms with Crippen molar-refractivity contribution in [3.8, 4) is 0 Å². The van der Waals surface area contributed by atoms with Crippen molar-refractivity contribution in [2.45, 2.75) is 63.3 Å². The van der Waals surface area contributed by atoms with Gasteiger partial charge in [0.1, 0.15) is 5.82 Å². The van der Waals surface area contributed by atoms with Crippen LogP contribution in [-0.4, -0.2) is 9.97 Å². The number of aryl methyl sites for hydroxylation is 1. The van der Waals surface area contributed by atoms with E-state index in [1.165, 1.54) is 31.2 Å². The Hall–Kier alpha value is -0.960. The standard InChI is InChI=1S/C14H21N3/c1-14(15)8-4-7-11-9-16-13(17-12(11)14)10-5-2-3-6-10/h9-10H,2-8,15H2,1H3. The van der Waals surface area contributed by atoms with Crippen molar-refractivity contribution >= 4 is 0 Å². The summed E-state index contributed by atoms with van der Waals surface area (Å²) in [6.07, 6.45) is 10.5. The first-order valence-electron chi connectivity index (χ1n) is 6.82. The van der Waals surface area contributed by atoms with Crippen LogP contribution in [0.25, 0.3) is 0 Å². The van der Waals surface area contributed by atoms with Crippen molar-refractivity contribution in [1.82, 2.24) is 9.97 Å². The molecule has 1 fully saturated rings. The van der Waals surface area contributed by atoms with E-state index < -0.39 is 0 Å². The van der Waals surface area contributed by atoms with E-state index in [4.69, 9.17) is 10.7 Å². The number of rotatable bonds is 1. The summed E-state index contributed by atoms with van der Waals surface area (Å²) in [5.41, 5.74) is 8.50. The number of fused-ring (bicyclic) bond motifs is 1. The van der Waals surface area contributed by atoms with Crippen molar-refractivity contribution in [3.05, 3.63) is 23.3 Å². The fourth-order valence-electron chi connectivity index (χ4n) is 3.24. The van der Waals surface area contributed by atoms with Crippen LogP contribution in [0.15, 0.2) is 6.20 Å². The summed E-state index contributed by atoms with van der Waals surface area (Å²) in [5, 5.41) is 0. The molecular formula is C14H21N3. The van der Waals surface area contributed by atoms with Crippen LogP contribution in [0.2, 0.25) is 0 Å². The Balaban J connectivity index is 1.98. The Bertz CT molecular complexity index is 419. The molecule has 3 rings (SSSR count). The molecule has 1 aromatic heterocycles. The van der Waals surface area contributed by atoms with Crippen LogP contribution in [0, 0.1) is 0 Å². The van der Waals surface area contributed by atoms with E-state index in [1.54, 1.807) is 0 Å². The Morgan fingerprint density at radius 2 is 2.06 bits per heavy atom. The van der Waals surface area contributed by atoms with Gasteiger partial charge in [0.05, 0.1) is 11.2 Å². The molecule has 17 heavy (non-hydrogen) atoms. The molecule has 2 aliphatic rings. The second-order valence-electron chi connectivity index (χ2n) is 5.85. The molecule has 2 N–H and O–H groups in total. The molecule has 3 heteroatoms. The highest BCUT2D eigenvalue weighted by Gasteiger charge is 2.31. The van der Waals surface area contributed by atoms with Gasteiger partial charge in [-0.25, -0.2) is 9.97 Å². The highest BCUT2D eigenvalue weighted by molar-refractivity contribution is 5.28. The molecule has 1 saturated carbocycles. The van der Waals surface area contributed by atoms with E-state index in [-0.39, 0.29) is 5.54 Å². The Labute approximate surface area is 103 Å². The number of aromatic nitrogens is 2. The first-order valence-corrected chi connectivity index (χ1v) is 6.82. The highest BCUT2D eigenvalue weighted by atomic mass is 14.9. The molecule has 0 amide bonds. The molecule has 0 saturated heterocycles. The number of nitrogens with two attached hydrogens (primary N) is 1. The number of hydrogen-bond donors (Lipinski definition) is 1. The van der Waals surface area contributed by atoms with Gasteiger partial charge in [0.2, 0.25) is 0 Å². The van der Waals surface area contributed by atoms with Gasteiger partial charge in [-0.15, -0.1) is 0 Å². The molecule has 1 atom stereocenters. The maximum absolute atomic E-state index is 6.37. The van der Waals surface area contributed by atoms with E-state index in [2.05, 4.69) is 11.9 Å². The summed E-state index contributed by atoms with van der Waals surface area (Å²) < 4.78 is 0. The van der Waals surface area contributed by atoms with Gasteiger partial charge < -0.3 is 5.73 Å². The van der Waals surface area contributed by atoms with E-state index in [0.717, 1.165) is 30.8 Å². The minimum Gasteiger partial charge on any atom is -0.320 e. The average molecular weight is 231 g/mol. The molecule has 0 aliphatic heterocycles. The van der Waals surface area contributed by atoms with E-state index in [1.807, 2.05) is 6.20 Å². The molecule has 0 aromatic carbocycles. The van der Waals surface area contributed by atoms with Gasteiger partial charge in [0.25, 0.3) is 0 Å². The van der Waals surface area contributed by atoms with E-state index >= 15 is 0 Å². The van der Waals surface area contributed by atoms with Gasteiger partial charge >= 0.3 is 0 Å². The summed E-state index contributed by atoms with van der Waals surface area (Å²) in [4.78, 5) is 9.38. The molecule has 0 bridgehead atoms. The molecular weight excluding hydrogens is 210 g/mol. The van der Waals surface area contributed by atoms with Crippen LogP contribution in [0.1, 0.15) is 68.4 Å². The molecule has 0 radical (unpaired) electrons.